The molecule has 1 aliphatic heterocycles. The van der Waals surface area contributed by atoms with Crippen LogP contribution >= 0.6 is 0 Å². The van der Waals surface area contributed by atoms with Gasteiger partial charge in [0.25, 0.3) is 5.56 Å². The topological polar surface area (TPSA) is 109 Å². The van der Waals surface area contributed by atoms with Gasteiger partial charge in [0.2, 0.25) is 0 Å². The highest BCUT2D eigenvalue weighted by Crippen LogP contribution is 2.34. The van der Waals surface area contributed by atoms with Gasteiger partial charge in [0.05, 0.1) is 37.3 Å². The van der Waals surface area contributed by atoms with Gasteiger partial charge in [-0.2, -0.15) is 13.2 Å². The first kappa shape index (κ1) is 38.3. The maximum Gasteiger partial charge on any atom is 0.416 e. The van der Waals surface area contributed by atoms with Gasteiger partial charge in [-0.05, 0) is 51.0 Å². The van der Waals surface area contributed by atoms with Crippen LogP contribution < -0.4 is 21.5 Å². The smallest absolute Gasteiger partial charge is 0.416 e. The predicted molar refractivity (Wildman–Crippen MR) is 189 cm³/mol. The number of alkyl halides is 3. The number of amides is 1. The maximum atomic E-state index is 15.2. The Hall–Kier alpha value is -4.95. The Morgan fingerprint density at radius 2 is 1.58 bits per heavy atom. The second kappa shape index (κ2) is 15.7. The monoisotopic (exact) mass is 725 g/mol. The first-order valence-corrected chi connectivity index (χ1v) is 16.9. The summed E-state index contributed by atoms with van der Waals surface area (Å²) in [7, 11) is 0. The van der Waals surface area contributed by atoms with E-state index in [0.29, 0.717) is 18.7 Å². The van der Waals surface area contributed by atoms with Crippen LogP contribution in [0.5, 0.6) is 0 Å². The molecule has 1 aliphatic rings. The lowest BCUT2D eigenvalue weighted by molar-refractivity contribution is -0.138. The third kappa shape index (κ3) is 8.91. The van der Waals surface area contributed by atoms with E-state index in [1.54, 1.807) is 56.0 Å². The normalized spacial score (nSPS) is 16.1. The first-order chi connectivity index (χ1) is 24.6. The average Bonchev–Trinajstić information content (AvgIpc) is 3.08. The number of carbonyl (C=O) groups is 1. The van der Waals surface area contributed by atoms with E-state index in [-0.39, 0.29) is 31.1 Å². The molecule has 1 aromatic heterocycles. The van der Waals surface area contributed by atoms with Crippen molar-refractivity contribution >= 4 is 11.8 Å². The van der Waals surface area contributed by atoms with Crippen molar-refractivity contribution in [3.63, 3.8) is 0 Å². The fourth-order valence-corrected chi connectivity index (χ4v) is 6.49. The molecule has 1 saturated heterocycles. The van der Waals surface area contributed by atoms with E-state index >= 15 is 4.39 Å². The summed E-state index contributed by atoms with van der Waals surface area (Å²) in [5.41, 5.74) is -3.01. The van der Waals surface area contributed by atoms with Crippen LogP contribution in [0.15, 0.2) is 88.5 Å². The zero-order chi connectivity index (χ0) is 37.8. The minimum atomic E-state index is -4.93. The summed E-state index contributed by atoms with van der Waals surface area (Å²) < 4.78 is 64.8. The van der Waals surface area contributed by atoms with E-state index in [1.807, 2.05) is 30.3 Å². The molecule has 10 nitrogen and oxygen atoms in total. The van der Waals surface area contributed by atoms with E-state index in [0.717, 1.165) is 32.9 Å². The quantitative estimate of drug-likeness (QED) is 0.209. The van der Waals surface area contributed by atoms with E-state index < -0.39 is 71.2 Å². The summed E-state index contributed by atoms with van der Waals surface area (Å²) in [6.07, 6.45) is -5.74. The highest BCUT2D eigenvalue weighted by atomic mass is 19.4. The van der Waals surface area contributed by atoms with Crippen molar-refractivity contribution < 1.29 is 32.2 Å². The second-order valence-electron chi connectivity index (χ2n) is 13.8. The Morgan fingerprint density at radius 3 is 2.19 bits per heavy atom. The molecule has 0 radical (unpaired) electrons. The van der Waals surface area contributed by atoms with Crippen LogP contribution in [-0.2, 0) is 30.5 Å². The van der Waals surface area contributed by atoms with Crippen LogP contribution in [0.1, 0.15) is 54.8 Å². The summed E-state index contributed by atoms with van der Waals surface area (Å²) in [4.78, 5) is 45.5. The molecule has 1 fully saturated rings. The summed E-state index contributed by atoms with van der Waals surface area (Å²) in [5, 5.41) is 13.2. The van der Waals surface area contributed by atoms with Gasteiger partial charge in [0.15, 0.2) is 0 Å². The van der Waals surface area contributed by atoms with E-state index in [4.69, 9.17) is 4.74 Å². The van der Waals surface area contributed by atoms with Gasteiger partial charge < -0.3 is 20.1 Å². The van der Waals surface area contributed by atoms with Crippen molar-refractivity contribution in [1.29, 1.82) is 0 Å². The molecule has 0 saturated carbocycles. The van der Waals surface area contributed by atoms with Crippen molar-refractivity contribution in [2.75, 3.05) is 31.1 Å². The summed E-state index contributed by atoms with van der Waals surface area (Å²) >= 11 is 0. The number of aliphatic hydroxyl groups is 1. The van der Waals surface area contributed by atoms with Crippen molar-refractivity contribution in [3.8, 4) is 0 Å². The number of rotatable bonds is 10. The molecule has 5 rings (SSSR count). The largest absolute Gasteiger partial charge is 0.444 e. The number of hydrogen-bond donors (Lipinski definition) is 2. The summed E-state index contributed by atoms with van der Waals surface area (Å²) in [6.45, 7) is 6.35. The average molecular weight is 726 g/mol. The highest BCUT2D eigenvalue weighted by Gasteiger charge is 2.36. The molecular weight excluding hydrogens is 682 g/mol. The summed E-state index contributed by atoms with van der Waals surface area (Å²) in [5.74, 6) is -1.16. The van der Waals surface area contributed by atoms with Gasteiger partial charge in [-0.3, -0.25) is 18.8 Å². The van der Waals surface area contributed by atoms with Crippen molar-refractivity contribution in [3.05, 3.63) is 133 Å². The first-order valence-electron chi connectivity index (χ1n) is 16.9. The van der Waals surface area contributed by atoms with Gasteiger partial charge in [-0.25, -0.2) is 14.0 Å². The van der Waals surface area contributed by atoms with E-state index in [2.05, 4.69) is 10.2 Å². The number of aromatic nitrogens is 2. The third-order valence-electron chi connectivity index (χ3n) is 9.02. The number of aliphatic hydroxyl groups excluding tert-OH is 1. The number of carbonyl (C=O) groups excluding carboxylic acids is 1. The molecule has 1 amide bonds. The maximum absolute atomic E-state index is 15.2. The number of benzene rings is 3. The number of halogens is 4. The molecule has 52 heavy (non-hydrogen) atoms. The van der Waals surface area contributed by atoms with Gasteiger partial charge in [-0.15, -0.1) is 0 Å². The summed E-state index contributed by atoms with van der Waals surface area (Å²) in [6, 6.07) is 19.3. The molecule has 4 aromatic rings. The molecule has 2 heterocycles. The molecule has 3 aromatic carbocycles. The van der Waals surface area contributed by atoms with Crippen LogP contribution in [0.25, 0.3) is 0 Å². The molecule has 278 valence electrons. The van der Waals surface area contributed by atoms with Crippen molar-refractivity contribution in [2.24, 2.45) is 0 Å². The van der Waals surface area contributed by atoms with Gasteiger partial charge in [-0.1, -0.05) is 66.7 Å². The number of nitrogens with zero attached hydrogens (tertiary/aromatic N) is 4. The Kier molecular flexibility index (Phi) is 11.6. The molecule has 0 aliphatic carbocycles. The SMILES string of the molecule is Cc1c(N2CCN(Cc3ccccc3)[C@@H](CO)C2)c(=O)n(CC(NC(=O)OC(C)(C)C)c2ccccc2)c(=O)n1Cc1c(F)cccc1C(F)(F)F. The highest BCUT2D eigenvalue weighted by molar-refractivity contribution is 5.68. The lowest BCUT2D eigenvalue weighted by Gasteiger charge is -2.42. The molecule has 0 bridgehead atoms. The zero-order valence-electron chi connectivity index (χ0n) is 29.5. The minimum absolute atomic E-state index is 0.0198. The molecule has 1 unspecified atom stereocenters. The van der Waals surface area contributed by atoms with E-state index in [9.17, 15) is 32.7 Å². The van der Waals surface area contributed by atoms with Gasteiger partial charge in [0, 0.05) is 37.4 Å². The standard InChI is InChI=1S/C38H43F4N5O5/c1-25-33(45-19-18-44(28(21-45)24-48)20-26-12-7-5-8-13-26)34(49)47(23-32(27-14-9-6-10-15-27)43-35(50)52-37(2,3)4)36(51)46(25)22-29-30(38(40,41)42)16-11-17-31(29)39/h5-17,28,32,48H,18-24H2,1-4H3,(H,43,50)/t28-,32?/m1/s1. The molecule has 0 spiro atoms. The van der Waals surface area contributed by atoms with Crippen LogP contribution in [-0.4, -0.2) is 63.1 Å². The Bertz CT molecular complexity index is 1980. The van der Waals surface area contributed by atoms with Gasteiger partial charge in [0.1, 0.15) is 17.1 Å². The third-order valence-corrected chi connectivity index (χ3v) is 9.02. The fourth-order valence-electron chi connectivity index (χ4n) is 6.49. The van der Waals surface area contributed by atoms with Crippen molar-refractivity contribution in [1.82, 2.24) is 19.4 Å². The molecule has 2 atom stereocenters. The number of alkyl carbamates (subject to hydrolysis) is 1. The number of ether oxygens (including phenoxy) is 1. The minimum Gasteiger partial charge on any atom is -0.444 e. The van der Waals surface area contributed by atoms with Crippen LogP contribution in [0.4, 0.5) is 28.0 Å². The fraction of sp³-hybridized carbons (Fsp3) is 0.395. The van der Waals surface area contributed by atoms with Crippen molar-refractivity contribution in [2.45, 2.75) is 71.2 Å². The Morgan fingerprint density at radius 1 is 0.923 bits per heavy atom. The lowest BCUT2D eigenvalue weighted by Crippen LogP contribution is -2.56. The number of anilines is 1. The number of hydrogen-bond acceptors (Lipinski definition) is 7. The van der Waals surface area contributed by atoms with Crippen LogP contribution in [0.2, 0.25) is 0 Å². The zero-order valence-corrected chi connectivity index (χ0v) is 29.5. The van der Waals surface area contributed by atoms with E-state index in [1.165, 1.54) is 6.92 Å². The van der Waals surface area contributed by atoms with Gasteiger partial charge >= 0.3 is 18.0 Å². The number of nitrogens with one attached hydrogen (secondary N) is 1. The second-order valence-corrected chi connectivity index (χ2v) is 13.8. The molecule has 14 heteroatoms. The number of piperazine rings is 1. The lowest BCUT2D eigenvalue weighted by atomic mass is 10.1. The molecule has 2 N–H and O–H groups in total. The van der Waals surface area contributed by atoms with Crippen LogP contribution in [0, 0.1) is 12.7 Å². The molecular formula is C38H43F4N5O5. The predicted octanol–water partition coefficient (Wildman–Crippen LogP) is 5.47. The van der Waals surface area contributed by atoms with Crippen LogP contribution in [0.3, 0.4) is 0 Å². The Labute approximate surface area is 298 Å². The Balaban J connectivity index is 1.63.